The van der Waals surface area contributed by atoms with E-state index >= 15 is 0 Å². The molecule has 2 aromatic rings. The Bertz CT molecular complexity index is 972. The molecule has 0 radical (unpaired) electrons. The van der Waals surface area contributed by atoms with Gasteiger partial charge < -0.3 is 15.4 Å². The molecule has 0 aliphatic rings. The molecule has 0 aromatic heterocycles. The number of ether oxygens (including phenoxy) is 1. The molecule has 1 amide bonds. The zero-order chi connectivity index (χ0) is 21.4. The van der Waals surface area contributed by atoms with E-state index in [2.05, 4.69) is 10.6 Å². The minimum absolute atomic E-state index is 0.110. The summed E-state index contributed by atoms with van der Waals surface area (Å²) in [7, 11) is 0. The van der Waals surface area contributed by atoms with Crippen LogP contribution in [0.25, 0.3) is 0 Å². The van der Waals surface area contributed by atoms with Gasteiger partial charge in [-0.1, -0.05) is 44.2 Å². The number of esters is 1. The third-order valence-corrected chi connectivity index (χ3v) is 4.33. The monoisotopic (exact) mass is 391 g/mol. The first-order valence-electron chi connectivity index (χ1n) is 9.42. The maximum atomic E-state index is 12.7. The van der Waals surface area contributed by atoms with Crippen molar-refractivity contribution >= 4 is 23.3 Å². The smallest absolute Gasteiger partial charge is 0.340 e. The lowest BCUT2D eigenvalue weighted by molar-refractivity contribution is -0.112. The maximum absolute atomic E-state index is 12.7. The van der Waals surface area contributed by atoms with E-state index in [0.717, 1.165) is 11.1 Å². The lowest BCUT2D eigenvalue weighted by Gasteiger charge is -2.16. The standard InChI is InChI=1S/C23H25N3O3/c1-5-29-23(28)19-10-6-7-12-20(19)25-14-17(13-24)22(27)26-21-16(4)9-8-11-18(21)15(2)3/h6-12,14-15,25H,5H2,1-4H3,(H,26,27)/b17-14-. The number of carbonyl (C=O) groups excluding carboxylic acids is 2. The number of benzene rings is 2. The molecule has 0 unspecified atom stereocenters. The van der Waals surface area contributed by atoms with E-state index in [1.54, 1.807) is 31.2 Å². The van der Waals surface area contributed by atoms with Crippen LogP contribution in [0.15, 0.2) is 54.2 Å². The second-order valence-electron chi connectivity index (χ2n) is 6.73. The number of aryl methyl sites for hydroxylation is 1. The second kappa shape index (κ2) is 10.1. The Morgan fingerprint density at radius 3 is 2.55 bits per heavy atom. The molecule has 2 rings (SSSR count). The summed E-state index contributed by atoms with van der Waals surface area (Å²) in [5.41, 5.74) is 3.29. The van der Waals surface area contributed by atoms with Crippen LogP contribution < -0.4 is 10.6 Å². The minimum Gasteiger partial charge on any atom is -0.462 e. The first-order valence-corrected chi connectivity index (χ1v) is 9.42. The third-order valence-electron chi connectivity index (χ3n) is 4.33. The van der Waals surface area contributed by atoms with Gasteiger partial charge in [-0.2, -0.15) is 5.26 Å². The Balaban J connectivity index is 2.26. The van der Waals surface area contributed by atoms with E-state index < -0.39 is 11.9 Å². The summed E-state index contributed by atoms with van der Waals surface area (Å²) in [5, 5.41) is 15.2. The lowest BCUT2D eigenvalue weighted by atomic mass is 9.98. The summed E-state index contributed by atoms with van der Waals surface area (Å²) in [6.07, 6.45) is 1.29. The van der Waals surface area contributed by atoms with Gasteiger partial charge in [0.1, 0.15) is 11.6 Å². The van der Waals surface area contributed by atoms with E-state index in [-0.39, 0.29) is 18.1 Å². The molecule has 150 valence electrons. The zero-order valence-electron chi connectivity index (χ0n) is 17.1. The third kappa shape index (κ3) is 5.45. The van der Waals surface area contributed by atoms with Gasteiger partial charge in [0, 0.05) is 11.9 Å². The van der Waals surface area contributed by atoms with Crippen molar-refractivity contribution in [3.05, 3.63) is 70.9 Å². The van der Waals surface area contributed by atoms with Crippen molar-refractivity contribution in [2.24, 2.45) is 0 Å². The number of nitrogens with zero attached hydrogens (tertiary/aromatic N) is 1. The van der Waals surface area contributed by atoms with Crippen molar-refractivity contribution in [3.63, 3.8) is 0 Å². The SMILES string of the molecule is CCOC(=O)c1ccccc1N/C=C(/C#N)C(=O)Nc1c(C)cccc1C(C)C. The second-order valence-corrected chi connectivity index (χ2v) is 6.73. The van der Waals surface area contributed by atoms with Crippen LogP contribution in [0.1, 0.15) is 48.2 Å². The summed E-state index contributed by atoms with van der Waals surface area (Å²) in [6, 6.07) is 14.5. The van der Waals surface area contributed by atoms with Gasteiger partial charge in [-0.15, -0.1) is 0 Å². The predicted octanol–water partition coefficient (Wildman–Crippen LogP) is 4.75. The Kier molecular flexibility index (Phi) is 7.55. The molecule has 0 atom stereocenters. The van der Waals surface area contributed by atoms with Crippen molar-refractivity contribution in [2.45, 2.75) is 33.6 Å². The zero-order valence-corrected chi connectivity index (χ0v) is 17.1. The van der Waals surface area contributed by atoms with Crippen LogP contribution in [0.2, 0.25) is 0 Å². The van der Waals surface area contributed by atoms with Gasteiger partial charge in [0.25, 0.3) is 5.91 Å². The van der Waals surface area contributed by atoms with E-state index in [9.17, 15) is 14.9 Å². The molecule has 0 bridgehead atoms. The highest BCUT2D eigenvalue weighted by molar-refractivity contribution is 6.07. The average Bonchev–Trinajstić information content (AvgIpc) is 2.70. The van der Waals surface area contributed by atoms with Crippen molar-refractivity contribution in [3.8, 4) is 6.07 Å². The quantitative estimate of drug-likeness (QED) is 0.404. The number of anilines is 2. The van der Waals surface area contributed by atoms with Crippen molar-refractivity contribution in [2.75, 3.05) is 17.2 Å². The predicted molar refractivity (Wildman–Crippen MR) is 114 cm³/mol. The normalized spacial score (nSPS) is 11.0. The first kappa shape index (κ1) is 21.7. The fraction of sp³-hybridized carbons (Fsp3) is 0.261. The molecule has 0 aliphatic heterocycles. The first-order chi connectivity index (χ1) is 13.9. The molecule has 0 saturated heterocycles. The van der Waals surface area contributed by atoms with Crippen LogP contribution in [-0.4, -0.2) is 18.5 Å². The highest BCUT2D eigenvalue weighted by Gasteiger charge is 2.16. The number of amides is 1. The van der Waals surface area contributed by atoms with Crippen LogP contribution in [0.3, 0.4) is 0 Å². The van der Waals surface area contributed by atoms with Gasteiger partial charge in [0.05, 0.1) is 17.9 Å². The Labute approximate surface area is 171 Å². The largest absolute Gasteiger partial charge is 0.462 e. The molecular formula is C23H25N3O3. The Hall–Kier alpha value is -3.59. The molecule has 29 heavy (non-hydrogen) atoms. The summed E-state index contributed by atoms with van der Waals surface area (Å²) >= 11 is 0. The van der Waals surface area contributed by atoms with Crippen molar-refractivity contribution in [1.29, 1.82) is 5.26 Å². The molecule has 2 aromatic carbocycles. The van der Waals surface area contributed by atoms with Gasteiger partial charge in [-0.05, 0) is 43.0 Å². The van der Waals surface area contributed by atoms with Crippen LogP contribution in [0, 0.1) is 18.3 Å². The number of nitrogens with one attached hydrogen (secondary N) is 2. The highest BCUT2D eigenvalue weighted by atomic mass is 16.5. The Morgan fingerprint density at radius 2 is 1.90 bits per heavy atom. The molecule has 0 aliphatic carbocycles. The maximum Gasteiger partial charge on any atom is 0.340 e. The Morgan fingerprint density at radius 1 is 1.17 bits per heavy atom. The number of carbonyl (C=O) groups is 2. The molecule has 0 saturated carbocycles. The minimum atomic E-state index is -0.523. The average molecular weight is 391 g/mol. The van der Waals surface area contributed by atoms with E-state index in [1.807, 2.05) is 45.0 Å². The number of nitriles is 1. The summed E-state index contributed by atoms with van der Waals surface area (Å²) in [6.45, 7) is 7.97. The summed E-state index contributed by atoms with van der Waals surface area (Å²) in [5.74, 6) is -0.785. The van der Waals surface area contributed by atoms with E-state index in [1.165, 1.54) is 6.20 Å². The van der Waals surface area contributed by atoms with Gasteiger partial charge in [0.2, 0.25) is 0 Å². The van der Waals surface area contributed by atoms with Crippen LogP contribution in [0.5, 0.6) is 0 Å². The topological polar surface area (TPSA) is 91.2 Å². The van der Waals surface area contributed by atoms with E-state index in [0.29, 0.717) is 16.9 Å². The van der Waals surface area contributed by atoms with E-state index in [4.69, 9.17) is 4.74 Å². The molecule has 6 nitrogen and oxygen atoms in total. The lowest BCUT2D eigenvalue weighted by Crippen LogP contribution is -2.17. The molecule has 0 spiro atoms. The fourth-order valence-corrected chi connectivity index (χ4v) is 2.82. The van der Waals surface area contributed by atoms with Crippen molar-refractivity contribution < 1.29 is 14.3 Å². The number of para-hydroxylation sites is 2. The fourth-order valence-electron chi connectivity index (χ4n) is 2.82. The molecule has 0 heterocycles. The van der Waals surface area contributed by atoms with Gasteiger partial charge in [-0.25, -0.2) is 4.79 Å². The van der Waals surface area contributed by atoms with Crippen LogP contribution >= 0.6 is 0 Å². The van der Waals surface area contributed by atoms with Crippen molar-refractivity contribution in [1.82, 2.24) is 0 Å². The number of rotatable bonds is 7. The summed E-state index contributed by atoms with van der Waals surface area (Å²) in [4.78, 5) is 24.7. The van der Waals surface area contributed by atoms with Gasteiger partial charge in [0.15, 0.2) is 0 Å². The van der Waals surface area contributed by atoms with Crippen LogP contribution in [-0.2, 0) is 9.53 Å². The van der Waals surface area contributed by atoms with Gasteiger partial charge >= 0.3 is 5.97 Å². The number of hydrogen-bond acceptors (Lipinski definition) is 5. The summed E-state index contributed by atoms with van der Waals surface area (Å²) < 4.78 is 5.03. The van der Waals surface area contributed by atoms with Gasteiger partial charge in [-0.3, -0.25) is 4.79 Å². The number of hydrogen-bond donors (Lipinski definition) is 2. The molecule has 2 N–H and O–H groups in total. The molecule has 6 heteroatoms. The highest BCUT2D eigenvalue weighted by Crippen LogP contribution is 2.27. The molecular weight excluding hydrogens is 366 g/mol. The van der Waals surface area contributed by atoms with Crippen LogP contribution in [0.4, 0.5) is 11.4 Å². The molecule has 0 fully saturated rings.